The molecule has 2 heterocycles. The van der Waals surface area contributed by atoms with E-state index in [0.717, 1.165) is 44.8 Å². The van der Waals surface area contributed by atoms with Gasteiger partial charge in [0.15, 0.2) is 11.5 Å². The molecule has 7 heteroatoms. The highest BCUT2D eigenvalue weighted by Gasteiger charge is 2.41. The van der Waals surface area contributed by atoms with Crippen LogP contribution in [0.2, 0.25) is 0 Å². The van der Waals surface area contributed by atoms with E-state index in [0.29, 0.717) is 11.5 Å². The number of fused-ring (bicyclic) bond motifs is 3. The molecule has 6 nitrogen and oxygen atoms in total. The predicted octanol–water partition coefficient (Wildman–Crippen LogP) is 5.72. The summed E-state index contributed by atoms with van der Waals surface area (Å²) in [7, 11) is 4.93. The van der Waals surface area contributed by atoms with Gasteiger partial charge in [-0.3, -0.25) is 0 Å². The number of ether oxygens (including phenoxy) is 4. The number of hydrogen-bond donors (Lipinski definition) is 0. The van der Waals surface area contributed by atoms with Crippen LogP contribution in [-0.2, 0) is 0 Å². The lowest BCUT2D eigenvalue weighted by atomic mass is 9.96. The summed E-state index contributed by atoms with van der Waals surface area (Å²) in [6.45, 7) is 0. The summed E-state index contributed by atoms with van der Waals surface area (Å²) in [5, 5.41) is 7.08. The lowest BCUT2D eigenvalue weighted by Gasteiger charge is -2.38. The molecule has 2 aliphatic rings. The van der Waals surface area contributed by atoms with Crippen LogP contribution in [0.5, 0.6) is 23.0 Å². The van der Waals surface area contributed by atoms with Crippen molar-refractivity contribution in [2.75, 3.05) is 21.3 Å². The average molecular weight is 495 g/mol. The molecule has 0 amide bonds. The van der Waals surface area contributed by atoms with Crippen molar-refractivity contribution < 1.29 is 18.9 Å². The van der Waals surface area contributed by atoms with Crippen molar-refractivity contribution in [3.8, 4) is 23.0 Å². The van der Waals surface area contributed by atoms with Gasteiger partial charge in [0.25, 0.3) is 0 Å². The van der Waals surface area contributed by atoms with E-state index in [1.165, 1.54) is 0 Å². The van der Waals surface area contributed by atoms with Gasteiger partial charge in [0.05, 0.1) is 37.6 Å². The maximum atomic E-state index is 6.44. The Labute approximate surface area is 195 Å². The van der Waals surface area contributed by atoms with E-state index in [9.17, 15) is 0 Å². The van der Waals surface area contributed by atoms with Gasteiger partial charge in [-0.1, -0.05) is 18.2 Å². The summed E-state index contributed by atoms with van der Waals surface area (Å²) in [5.74, 6) is 3.04. The van der Waals surface area contributed by atoms with Crippen LogP contribution in [0.25, 0.3) is 0 Å². The summed E-state index contributed by atoms with van der Waals surface area (Å²) >= 11 is 3.60. The zero-order valence-electron chi connectivity index (χ0n) is 18.0. The lowest BCUT2D eigenvalue weighted by molar-refractivity contribution is -0.0190. The second-order valence-electron chi connectivity index (χ2n) is 7.62. The predicted molar refractivity (Wildman–Crippen MR) is 126 cm³/mol. The van der Waals surface area contributed by atoms with Crippen LogP contribution in [-0.4, -0.2) is 32.0 Å². The Hall–Kier alpha value is -3.19. The van der Waals surface area contributed by atoms with E-state index in [1.807, 2.05) is 54.6 Å². The lowest BCUT2D eigenvalue weighted by Crippen LogP contribution is -2.33. The van der Waals surface area contributed by atoms with E-state index in [4.69, 9.17) is 24.0 Å². The smallest absolute Gasteiger partial charge is 0.213 e. The average Bonchev–Trinajstić information content (AvgIpc) is 3.29. The molecule has 0 spiro atoms. The Morgan fingerprint density at radius 2 is 1.66 bits per heavy atom. The number of halogens is 1. The summed E-state index contributed by atoms with van der Waals surface area (Å²) in [5.41, 5.74) is 4.11. The topological polar surface area (TPSA) is 52.5 Å². The number of para-hydroxylation sites is 1. The van der Waals surface area contributed by atoms with Crippen LogP contribution >= 0.6 is 15.9 Å². The summed E-state index contributed by atoms with van der Waals surface area (Å²) < 4.78 is 23.6. The van der Waals surface area contributed by atoms with Crippen molar-refractivity contribution >= 4 is 21.6 Å². The number of hydrogen-bond acceptors (Lipinski definition) is 6. The van der Waals surface area contributed by atoms with Gasteiger partial charge in [0.1, 0.15) is 11.5 Å². The Bertz CT molecular complexity index is 1200. The molecule has 5 rings (SSSR count). The number of rotatable bonds is 5. The maximum Gasteiger partial charge on any atom is 0.213 e. The van der Waals surface area contributed by atoms with Crippen LogP contribution in [0.4, 0.5) is 0 Å². The quantitative estimate of drug-likeness (QED) is 0.454. The number of hydrazone groups is 1. The minimum absolute atomic E-state index is 0.0777. The van der Waals surface area contributed by atoms with Crippen LogP contribution in [0.1, 0.15) is 35.4 Å². The molecule has 2 unspecified atom stereocenters. The first-order valence-corrected chi connectivity index (χ1v) is 11.1. The van der Waals surface area contributed by atoms with Crippen LogP contribution < -0.4 is 18.9 Å². The van der Waals surface area contributed by atoms with Crippen molar-refractivity contribution in [3.63, 3.8) is 0 Å². The van der Waals surface area contributed by atoms with Crippen molar-refractivity contribution in [1.29, 1.82) is 0 Å². The fraction of sp³-hybridized carbons (Fsp3) is 0.240. The molecule has 0 aliphatic carbocycles. The molecule has 0 saturated heterocycles. The molecular formula is C25H23BrN2O4. The molecule has 2 aliphatic heterocycles. The maximum absolute atomic E-state index is 6.44. The number of methoxy groups -OCH3 is 3. The number of benzene rings is 3. The molecule has 3 aromatic carbocycles. The highest BCUT2D eigenvalue weighted by atomic mass is 79.9. The van der Waals surface area contributed by atoms with Gasteiger partial charge in [-0.05, 0) is 58.4 Å². The molecule has 0 bridgehead atoms. The minimum Gasteiger partial charge on any atom is -0.496 e. The Balaban J connectivity index is 1.57. The van der Waals surface area contributed by atoms with Gasteiger partial charge >= 0.3 is 0 Å². The first-order chi connectivity index (χ1) is 15.6. The molecule has 0 saturated carbocycles. The van der Waals surface area contributed by atoms with Crippen molar-refractivity contribution in [3.05, 3.63) is 81.8 Å². The minimum atomic E-state index is -0.352. The highest BCUT2D eigenvalue weighted by Crippen LogP contribution is 2.48. The third-order valence-corrected chi connectivity index (χ3v) is 6.50. The molecular weight excluding hydrogens is 472 g/mol. The first-order valence-electron chi connectivity index (χ1n) is 10.3. The fourth-order valence-corrected chi connectivity index (χ4v) is 4.84. The van der Waals surface area contributed by atoms with Gasteiger partial charge in [0.2, 0.25) is 6.23 Å². The monoisotopic (exact) mass is 494 g/mol. The van der Waals surface area contributed by atoms with E-state index in [1.54, 1.807) is 21.3 Å². The molecule has 0 N–H and O–H groups in total. The van der Waals surface area contributed by atoms with Crippen molar-refractivity contribution in [1.82, 2.24) is 5.01 Å². The molecule has 3 aromatic rings. The SMILES string of the molecule is COc1ccc(C2Oc3ccccc3C3CC(c4ccc(OC)c(OC)c4)=NN32)cc1Br. The van der Waals surface area contributed by atoms with E-state index in [2.05, 4.69) is 27.0 Å². The molecule has 0 fully saturated rings. The zero-order chi connectivity index (χ0) is 22.2. The molecule has 0 radical (unpaired) electrons. The molecule has 2 atom stereocenters. The third kappa shape index (κ3) is 3.46. The standard InChI is InChI=1S/C25H23BrN2O4/c1-29-22-10-9-16(12-18(22)26)25-28-20(17-6-4-5-7-21(17)32-25)14-19(27-28)15-8-11-23(30-2)24(13-15)31-3/h4-13,20,25H,14H2,1-3H3. The first kappa shape index (κ1) is 20.7. The summed E-state index contributed by atoms with van der Waals surface area (Å²) in [6, 6.07) is 20.1. The van der Waals surface area contributed by atoms with Crippen LogP contribution in [0.15, 0.2) is 70.2 Å². The largest absolute Gasteiger partial charge is 0.496 e. The molecule has 32 heavy (non-hydrogen) atoms. The Morgan fingerprint density at radius 1 is 0.906 bits per heavy atom. The molecule has 164 valence electrons. The second kappa shape index (κ2) is 8.39. The Morgan fingerprint density at radius 3 is 2.41 bits per heavy atom. The van der Waals surface area contributed by atoms with E-state index < -0.39 is 0 Å². The third-order valence-electron chi connectivity index (χ3n) is 5.88. The van der Waals surface area contributed by atoms with Gasteiger partial charge in [0, 0.05) is 23.1 Å². The second-order valence-corrected chi connectivity index (χ2v) is 8.47. The fourth-order valence-electron chi connectivity index (χ4n) is 4.28. The van der Waals surface area contributed by atoms with Gasteiger partial charge in [-0.2, -0.15) is 5.10 Å². The van der Waals surface area contributed by atoms with Gasteiger partial charge < -0.3 is 18.9 Å². The van der Waals surface area contributed by atoms with Crippen molar-refractivity contribution in [2.24, 2.45) is 5.10 Å². The van der Waals surface area contributed by atoms with E-state index >= 15 is 0 Å². The van der Waals surface area contributed by atoms with Gasteiger partial charge in [-0.15, -0.1) is 0 Å². The van der Waals surface area contributed by atoms with Gasteiger partial charge in [-0.25, -0.2) is 5.01 Å². The van der Waals surface area contributed by atoms with E-state index in [-0.39, 0.29) is 12.3 Å². The normalized spacial score (nSPS) is 18.9. The number of nitrogens with zero attached hydrogens (tertiary/aromatic N) is 2. The summed E-state index contributed by atoms with van der Waals surface area (Å²) in [6.07, 6.45) is 0.415. The van der Waals surface area contributed by atoms with Crippen LogP contribution in [0.3, 0.4) is 0 Å². The van der Waals surface area contributed by atoms with Crippen molar-refractivity contribution in [2.45, 2.75) is 18.7 Å². The van der Waals surface area contributed by atoms with Crippen LogP contribution in [0, 0.1) is 0 Å². The summed E-state index contributed by atoms with van der Waals surface area (Å²) in [4.78, 5) is 0. The molecule has 0 aromatic heterocycles. The highest BCUT2D eigenvalue weighted by molar-refractivity contribution is 9.10. The Kier molecular flexibility index (Phi) is 5.43. The zero-order valence-corrected chi connectivity index (χ0v) is 19.6.